The summed E-state index contributed by atoms with van der Waals surface area (Å²) in [6.45, 7) is 5.33. The van der Waals surface area contributed by atoms with Gasteiger partial charge in [-0.3, -0.25) is 9.59 Å². The van der Waals surface area contributed by atoms with Gasteiger partial charge in [0.2, 0.25) is 0 Å². The molecule has 0 bridgehead atoms. The molecule has 4 aliphatic carbocycles. The van der Waals surface area contributed by atoms with Crippen LogP contribution in [0.15, 0.2) is 0 Å². The quantitative estimate of drug-likeness (QED) is 0.604. The molecule has 0 aliphatic heterocycles. The third kappa shape index (κ3) is 4.65. The van der Waals surface area contributed by atoms with Gasteiger partial charge in [0.1, 0.15) is 6.04 Å². The van der Waals surface area contributed by atoms with Crippen molar-refractivity contribution in [1.82, 2.24) is 0 Å². The van der Waals surface area contributed by atoms with Gasteiger partial charge in [-0.15, -0.1) is 0 Å². The monoisotopic (exact) mass is 407 g/mol. The Balaban J connectivity index is 0.000000207. The van der Waals surface area contributed by atoms with Crippen LogP contribution in [0.3, 0.4) is 0 Å². The molecule has 4 aliphatic rings. The average Bonchev–Trinajstić information content (AvgIpc) is 3.07. The second kappa shape index (κ2) is 8.95. The van der Waals surface area contributed by atoms with Crippen molar-refractivity contribution in [3.05, 3.63) is 0 Å². The number of nitrogens with two attached hydrogens (primary N) is 1. The average molecular weight is 408 g/mol. The standard InChI is InChI=1S/C19H32.C5H9NO4/c1-18-11-5-7-16(18)15-9-8-14-6-3-4-12-19(14,2)17(15)10-13-18;6-3(5(9)10)1-2-4(7)8/h14-17H,3-13H2,1-2H3;3H,1-2,6H2,(H,7,8)(H,9,10)/t14?,15-,16-,17-,18-,19-;/m0./s1. The summed E-state index contributed by atoms with van der Waals surface area (Å²) in [5.74, 6) is 2.21. The molecule has 0 aromatic heterocycles. The largest absolute Gasteiger partial charge is 0.481 e. The van der Waals surface area contributed by atoms with Crippen LogP contribution in [0.2, 0.25) is 0 Å². The van der Waals surface area contributed by atoms with E-state index in [2.05, 4.69) is 13.8 Å². The Morgan fingerprint density at radius 2 is 1.69 bits per heavy atom. The van der Waals surface area contributed by atoms with Crippen molar-refractivity contribution in [1.29, 1.82) is 0 Å². The Morgan fingerprint density at radius 1 is 0.931 bits per heavy atom. The molecule has 29 heavy (non-hydrogen) atoms. The Bertz CT molecular complexity index is 608. The highest BCUT2D eigenvalue weighted by Gasteiger charge is 2.56. The van der Waals surface area contributed by atoms with Crippen molar-refractivity contribution in [2.75, 3.05) is 0 Å². The summed E-state index contributed by atoms with van der Waals surface area (Å²) in [6.07, 6.45) is 16.9. The molecule has 7 atom stereocenters. The van der Waals surface area contributed by atoms with Crippen LogP contribution in [-0.4, -0.2) is 28.2 Å². The smallest absolute Gasteiger partial charge is 0.320 e. The molecular weight excluding hydrogens is 366 g/mol. The molecule has 0 amide bonds. The molecule has 0 radical (unpaired) electrons. The number of fused-ring (bicyclic) bond motifs is 5. The van der Waals surface area contributed by atoms with Gasteiger partial charge in [-0.2, -0.15) is 0 Å². The lowest BCUT2D eigenvalue weighted by atomic mass is 9.45. The molecule has 4 N–H and O–H groups in total. The van der Waals surface area contributed by atoms with Crippen molar-refractivity contribution < 1.29 is 19.8 Å². The Hall–Kier alpha value is -1.10. The van der Waals surface area contributed by atoms with Crippen LogP contribution in [0.5, 0.6) is 0 Å². The van der Waals surface area contributed by atoms with Gasteiger partial charge < -0.3 is 15.9 Å². The van der Waals surface area contributed by atoms with E-state index in [1.807, 2.05) is 0 Å². The summed E-state index contributed by atoms with van der Waals surface area (Å²) in [4.78, 5) is 19.9. The van der Waals surface area contributed by atoms with Crippen molar-refractivity contribution in [2.24, 2.45) is 40.2 Å². The Kier molecular flexibility index (Phi) is 6.97. The van der Waals surface area contributed by atoms with E-state index in [-0.39, 0.29) is 12.8 Å². The van der Waals surface area contributed by atoms with Gasteiger partial charge in [-0.25, -0.2) is 0 Å². The zero-order chi connectivity index (χ0) is 21.2. The van der Waals surface area contributed by atoms with E-state index in [4.69, 9.17) is 15.9 Å². The fourth-order valence-electron chi connectivity index (χ4n) is 7.69. The Morgan fingerprint density at radius 3 is 2.38 bits per heavy atom. The summed E-state index contributed by atoms with van der Waals surface area (Å²) in [6, 6.07) is -1.06. The summed E-state index contributed by atoms with van der Waals surface area (Å²) in [7, 11) is 0. The van der Waals surface area contributed by atoms with Gasteiger partial charge in [0.05, 0.1) is 0 Å². The Labute approximate surface area is 175 Å². The van der Waals surface area contributed by atoms with Crippen LogP contribution in [0.25, 0.3) is 0 Å². The molecular formula is C24H41NO4. The molecule has 4 fully saturated rings. The zero-order valence-electron chi connectivity index (χ0n) is 18.4. The lowest BCUT2D eigenvalue weighted by molar-refractivity contribution is -0.139. The molecule has 5 nitrogen and oxygen atoms in total. The third-order valence-electron chi connectivity index (χ3n) is 9.35. The molecule has 4 saturated carbocycles. The number of carboxylic acid groups (broad SMARTS) is 2. The molecule has 0 spiro atoms. The maximum atomic E-state index is 9.99. The lowest BCUT2D eigenvalue weighted by Gasteiger charge is -2.60. The SMILES string of the molecule is C[C@@]12CCC[C@H]1[C@@H]1CCC3CCCC[C@]3(C)[C@H]1CC2.NC(CCC(=O)O)C(=O)O. The van der Waals surface area contributed by atoms with Gasteiger partial charge in [0.15, 0.2) is 0 Å². The topological polar surface area (TPSA) is 101 Å². The predicted molar refractivity (Wildman–Crippen MR) is 113 cm³/mol. The first-order valence-corrected chi connectivity index (χ1v) is 11.9. The zero-order valence-corrected chi connectivity index (χ0v) is 18.4. The summed E-state index contributed by atoms with van der Waals surface area (Å²) in [5.41, 5.74) is 6.49. The first-order chi connectivity index (χ1) is 13.7. The highest BCUT2D eigenvalue weighted by Crippen LogP contribution is 2.66. The van der Waals surface area contributed by atoms with Gasteiger partial charge in [0, 0.05) is 6.42 Å². The van der Waals surface area contributed by atoms with E-state index < -0.39 is 18.0 Å². The molecule has 166 valence electrons. The van der Waals surface area contributed by atoms with Crippen molar-refractivity contribution in [3.8, 4) is 0 Å². The predicted octanol–water partition coefficient (Wildman–Crippen LogP) is 5.07. The molecule has 0 saturated heterocycles. The van der Waals surface area contributed by atoms with Crippen LogP contribution in [-0.2, 0) is 9.59 Å². The normalized spacial score (nSPS) is 41.8. The number of rotatable bonds is 4. The summed E-state index contributed by atoms with van der Waals surface area (Å²) >= 11 is 0. The van der Waals surface area contributed by atoms with Crippen LogP contribution < -0.4 is 5.73 Å². The van der Waals surface area contributed by atoms with Crippen LogP contribution in [0, 0.1) is 34.5 Å². The molecule has 0 aromatic rings. The minimum atomic E-state index is -1.17. The van der Waals surface area contributed by atoms with Gasteiger partial charge in [-0.05, 0) is 92.3 Å². The number of hydrogen-bond acceptors (Lipinski definition) is 3. The van der Waals surface area contributed by atoms with E-state index in [0.717, 1.165) is 34.5 Å². The maximum absolute atomic E-state index is 9.99. The fraction of sp³-hybridized carbons (Fsp3) is 0.917. The summed E-state index contributed by atoms with van der Waals surface area (Å²) in [5, 5.41) is 16.3. The maximum Gasteiger partial charge on any atom is 0.320 e. The number of aliphatic carboxylic acids is 2. The number of hydrogen-bond donors (Lipinski definition) is 3. The minimum absolute atomic E-state index is 0.0231. The first kappa shape index (κ1) is 22.6. The number of carbonyl (C=O) groups is 2. The lowest BCUT2D eigenvalue weighted by Crippen LogP contribution is -2.51. The van der Waals surface area contributed by atoms with E-state index in [1.165, 1.54) is 19.3 Å². The second-order valence-corrected chi connectivity index (χ2v) is 10.9. The molecule has 0 aromatic carbocycles. The molecule has 0 heterocycles. The van der Waals surface area contributed by atoms with Crippen LogP contribution >= 0.6 is 0 Å². The molecule has 5 heteroatoms. The highest BCUT2D eigenvalue weighted by molar-refractivity contribution is 5.74. The minimum Gasteiger partial charge on any atom is -0.481 e. The van der Waals surface area contributed by atoms with Gasteiger partial charge in [-0.1, -0.05) is 33.1 Å². The van der Waals surface area contributed by atoms with E-state index in [9.17, 15) is 9.59 Å². The first-order valence-electron chi connectivity index (χ1n) is 11.9. The van der Waals surface area contributed by atoms with Gasteiger partial charge >= 0.3 is 11.9 Å². The second-order valence-electron chi connectivity index (χ2n) is 10.9. The van der Waals surface area contributed by atoms with E-state index in [0.29, 0.717) is 0 Å². The van der Waals surface area contributed by atoms with Crippen LogP contribution in [0.1, 0.15) is 97.3 Å². The van der Waals surface area contributed by atoms with Crippen molar-refractivity contribution in [3.63, 3.8) is 0 Å². The highest BCUT2D eigenvalue weighted by atomic mass is 16.4. The summed E-state index contributed by atoms with van der Waals surface area (Å²) < 4.78 is 0. The third-order valence-corrected chi connectivity index (χ3v) is 9.35. The molecule has 2 unspecified atom stereocenters. The van der Waals surface area contributed by atoms with Crippen LogP contribution in [0.4, 0.5) is 0 Å². The molecule has 4 rings (SSSR count). The fourth-order valence-corrected chi connectivity index (χ4v) is 7.69. The van der Waals surface area contributed by atoms with E-state index in [1.54, 1.807) is 51.4 Å². The number of carboxylic acids is 2. The van der Waals surface area contributed by atoms with Gasteiger partial charge in [0.25, 0.3) is 0 Å². The van der Waals surface area contributed by atoms with E-state index >= 15 is 0 Å². The van der Waals surface area contributed by atoms with Crippen molar-refractivity contribution >= 4 is 11.9 Å². The van der Waals surface area contributed by atoms with Crippen molar-refractivity contribution in [2.45, 2.75) is 103 Å².